The lowest BCUT2D eigenvalue weighted by molar-refractivity contribution is -0.887. The summed E-state index contributed by atoms with van der Waals surface area (Å²) in [6, 6.07) is 5.83. The number of carbonyl (C=O) groups excluding carboxylic acids is 2. The number of hydrogen-bond acceptors (Lipinski definition) is 11. The lowest BCUT2D eigenvalue weighted by Crippen LogP contribution is -2.44. The van der Waals surface area contributed by atoms with Crippen molar-refractivity contribution in [2.24, 2.45) is 0 Å². The normalized spacial score (nSPS) is 13.3. The number of nitrogens with zero attached hydrogens (tertiary/aromatic N) is 2. The second-order valence-electron chi connectivity index (χ2n) is 16.8. The van der Waals surface area contributed by atoms with Gasteiger partial charge in [-0.2, -0.15) is 13.9 Å². The molecule has 1 aromatic heterocycles. The summed E-state index contributed by atoms with van der Waals surface area (Å²) in [4.78, 5) is 53.1. The molecule has 0 saturated heterocycles. The topological polar surface area (TPSA) is 127 Å². The molecule has 10 nitrogen and oxygen atoms in total. The molecule has 1 rings (SSSR count). The molecule has 1 N–H and O–H groups in total. The summed E-state index contributed by atoms with van der Waals surface area (Å²) in [5.41, 5.74) is 0. The lowest BCUT2D eigenvalue weighted by atomic mass is 10.0. The zero-order valence-electron chi connectivity index (χ0n) is 37.9. The molecule has 0 spiro atoms. The Morgan fingerprint density at radius 2 is 1.15 bits per heavy atom. The number of aromatic nitrogens is 1. The highest BCUT2D eigenvalue weighted by Gasteiger charge is 2.32. The van der Waals surface area contributed by atoms with Crippen LogP contribution >= 0.6 is 29.8 Å². The Labute approximate surface area is 369 Å². The van der Waals surface area contributed by atoms with Crippen LogP contribution in [0.4, 0.5) is 0 Å². The summed E-state index contributed by atoms with van der Waals surface area (Å²) >= 11 is 0. The van der Waals surface area contributed by atoms with E-state index in [2.05, 4.69) is 18.8 Å². The molecule has 2 atom stereocenters. The number of esters is 2. The molecule has 1 heterocycles. The van der Waals surface area contributed by atoms with Crippen molar-refractivity contribution in [2.45, 2.75) is 205 Å². The minimum Gasteiger partial charge on any atom is -0.606 e. The third-order valence-electron chi connectivity index (χ3n) is 10.6. The van der Waals surface area contributed by atoms with E-state index in [1.54, 1.807) is 27.8 Å². The SMILES string of the molecule is CCCCCCCCCCCCCCCC(=O)OC[C@H](CO[P+]([O-])(O)OCC[N+](C)(C)CCSSc1ccccn1)OC(=O)CCCCCCCCCCCCCCC. The van der Waals surface area contributed by atoms with Gasteiger partial charge in [-0.15, -0.1) is 0 Å². The minimum absolute atomic E-state index is 0.0104. The van der Waals surface area contributed by atoms with Gasteiger partial charge >= 0.3 is 20.1 Å². The van der Waals surface area contributed by atoms with Gasteiger partial charge in [0, 0.05) is 19.0 Å². The van der Waals surface area contributed by atoms with E-state index in [1.807, 2.05) is 32.3 Å². The molecule has 0 saturated carbocycles. The predicted octanol–water partition coefficient (Wildman–Crippen LogP) is 12.4. The van der Waals surface area contributed by atoms with Crippen LogP contribution in [0.1, 0.15) is 194 Å². The first kappa shape index (κ1) is 56.0. The summed E-state index contributed by atoms with van der Waals surface area (Å²) in [6.45, 7) is 5.19. The fourth-order valence-electron chi connectivity index (χ4n) is 6.71. The van der Waals surface area contributed by atoms with E-state index in [0.717, 1.165) is 49.4 Å². The van der Waals surface area contributed by atoms with Crippen molar-refractivity contribution in [3.63, 3.8) is 0 Å². The Kier molecular flexibility index (Phi) is 36.7. The first-order valence-electron chi connectivity index (χ1n) is 23.6. The van der Waals surface area contributed by atoms with E-state index in [4.69, 9.17) is 18.5 Å². The monoisotopic (exact) mass is 890 g/mol. The quantitative estimate of drug-likeness (QED) is 0.0221. The molecule has 59 heavy (non-hydrogen) atoms. The first-order valence-corrected chi connectivity index (χ1v) is 27.4. The Bertz CT molecular complexity index is 1120. The fourth-order valence-corrected chi connectivity index (χ4v) is 9.59. The minimum atomic E-state index is -4.45. The molecule has 1 unspecified atom stereocenters. The van der Waals surface area contributed by atoms with Crippen molar-refractivity contribution in [2.75, 3.05) is 52.8 Å². The number of phosphoric ester groups is 1. The molecular formula is C46H86N2O8PS2+. The van der Waals surface area contributed by atoms with Gasteiger partial charge in [0.15, 0.2) is 6.10 Å². The summed E-state index contributed by atoms with van der Waals surface area (Å²) in [5.74, 6) is 0.0676. The maximum Gasteiger partial charge on any atom is 0.377 e. The number of hydrogen-bond donors (Lipinski definition) is 1. The summed E-state index contributed by atoms with van der Waals surface area (Å²) in [5, 5.41) is 0.956. The smallest absolute Gasteiger partial charge is 0.377 e. The average Bonchev–Trinajstić information content (AvgIpc) is 3.21. The molecule has 0 aliphatic rings. The van der Waals surface area contributed by atoms with E-state index in [-0.39, 0.29) is 32.0 Å². The molecule has 0 aliphatic carbocycles. The van der Waals surface area contributed by atoms with E-state index >= 15 is 0 Å². The van der Waals surface area contributed by atoms with Gasteiger partial charge in [-0.25, -0.2) is 4.98 Å². The van der Waals surface area contributed by atoms with Crippen LogP contribution < -0.4 is 4.89 Å². The number of carbonyl (C=O) groups is 2. The third-order valence-corrected chi connectivity index (χ3v) is 13.9. The highest BCUT2D eigenvalue weighted by atomic mass is 33.1. The molecule has 0 aliphatic heterocycles. The van der Waals surface area contributed by atoms with Gasteiger partial charge in [0.25, 0.3) is 0 Å². The Morgan fingerprint density at radius 1 is 0.678 bits per heavy atom. The number of likely N-dealkylation sites (N-methyl/N-ethyl adjacent to an activating group) is 1. The maximum absolute atomic E-state index is 12.8. The van der Waals surface area contributed by atoms with Crippen LogP contribution in [-0.2, 0) is 28.1 Å². The van der Waals surface area contributed by atoms with Crippen LogP contribution in [0.2, 0.25) is 0 Å². The average molecular weight is 890 g/mol. The number of rotatable bonds is 43. The van der Waals surface area contributed by atoms with E-state index in [1.165, 1.54) is 128 Å². The van der Waals surface area contributed by atoms with Crippen molar-refractivity contribution in [3.8, 4) is 0 Å². The maximum atomic E-state index is 12.8. The zero-order valence-corrected chi connectivity index (χ0v) is 40.4. The van der Waals surface area contributed by atoms with Crippen LogP contribution in [0, 0.1) is 0 Å². The lowest BCUT2D eigenvalue weighted by Gasteiger charge is -2.30. The second kappa shape index (κ2) is 38.7. The molecule has 1 aromatic rings. The fraction of sp³-hybridized carbons (Fsp3) is 0.848. The largest absolute Gasteiger partial charge is 0.606 e. The summed E-state index contributed by atoms with van der Waals surface area (Å²) < 4.78 is 22.3. The highest BCUT2D eigenvalue weighted by Crippen LogP contribution is 2.47. The predicted molar refractivity (Wildman–Crippen MR) is 247 cm³/mol. The van der Waals surface area contributed by atoms with Gasteiger partial charge in [0.1, 0.15) is 31.4 Å². The van der Waals surface area contributed by atoms with Gasteiger partial charge in [-0.3, -0.25) is 9.59 Å². The standard InChI is InChI=1S/C46H85N2O8PS2/c1-5-7-9-11-13-15-17-19-21-23-25-27-29-34-45(49)53-41-43(56-46(50)35-30-28-26-24-22-20-18-16-14-12-10-8-6-2)42-55-57(51,52)54-39-37-48(3,4)38-40-58-59-44-33-31-32-36-47-44/h31-33,36,43H,5-30,34-35,37-42H2,1-4H3/p+1/t43-/m1/s1. The number of ether oxygens (including phenoxy) is 2. The van der Waals surface area contributed by atoms with Crippen molar-refractivity contribution in [3.05, 3.63) is 24.4 Å². The summed E-state index contributed by atoms with van der Waals surface area (Å²) in [6.07, 6.45) is 32.9. The Balaban J connectivity index is 2.41. The molecule has 0 fully saturated rings. The van der Waals surface area contributed by atoms with Crippen molar-refractivity contribution < 1.29 is 42.4 Å². The molecule has 13 heteroatoms. The van der Waals surface area contributed by atoms with Gasteiger partial charge < -0.3 is 18.9 Å². The molecule has 0 bridgehead atoms. The van der Waals surface area contributed by atoms with Crippen LogP contribution in [0.3, 0.4) is 0 Å². The van der Waals surface area contributed by atoms with Crippen LogP contribution in [0.5, 0.6) is 0 Å². The van der Waals surface area contributed by atoms with Crippen LogP contribution in [0.25, 0.3) is 0 Å². The third kappa shape index (κ3) is 37.3. The van der Waals surface area contributed by atoms with Gasteiger partial charge in [0.2, 0.25) is 0 Å². The van der Waals surface area contributed by atoms with Crippen LogP contribution in [-0.4, -0.2) is 85.2 Å². The Hall–Kier alpha value is -0.980. The van der Waals surface area contributed by atoms with Gasteiger partial charge in [-0.1, -0.05) is 185 Å². The number of pyridine rings is 1. The zero-order chi connectivity index (χ0) is 43.1. The number of quaternary nitrogens is 1. The van der Waals surface area contributed by atoms with Gasteiger partial charge in [0.05, 0.1) is 26.4 Å². The van der Waals surface area contributed by atoms with E-state index in [9.17, 15) is 19.4 Å². The van der Waals surface area contributed by atoms with Crippen molar-refractivity contribution >= 4 is 41.7 Å². The number of unbranched alkanes of at least 4 members (excludes halogenated alkanes) is 24. The number of phosphoric acid groups is 1. The highest BCUT2D eigenvalue weighted by molar-refractivity contribution is 8.76. The van der Waals surface area contributed by atoms with E-state index < -0.39 is 26.9 Å². The first-order chi connectivity index (χ1) is 28.6. The molecule has 0 radical (unpaired) electrons. The van der Waals surface area contributed by atoms with Crippen molar-refractivity contribution in [1.82, 2.24) is 4.98 Å². The van der Waals surface area contributed by atoms with Crippen LogP contribution in [0.15, 0.2) is 29.4 Å². The summed E-state index contributed by atoms with van der Waals surface area (Å²) in [7, 11) is 2.96. The van der Waals surface area contributed by atoms with Gasteiger partial charge in [-0.05, 0) is 35.8 Å². The molecule has 344 valence electrons. The van der Waals surface area contributed by atoms with E-state index in [0.29, 0.717) is 17.4 Å². The Morgan fingerprint density at radius 3 is 1.63 bits per heavy atom. The molecule has 0 amide bonds. The molecular weight excluding hydrogens is 804 g/mol. The second-order valence-corrected chi connectivity index (χ2v) is 20.7. The van der Waals surface area contributed by atoms with Crippen molar-refractivity contribution in [1.29, 1.82) is 0 Å². The molecule has 0 aromatic carbocycles.